The van der Waals surface area contributed by atoms with Crippen LogP contribution < -0.4 is 4.74 Å². The van der Waals surface area contributed by atoms with E-state index in [9.17, 15) is 13.2 Å². The highest BCUT2D eigenvalue weighted by Crippen LogP contribution is 2.42. The average molecular weight is 312 g/mol. The maximum absolute atomic E-state index is 12.2. The standard InChI is InChI=1S/C15H20O5S/c1-19-13-12(15(16)20-2)9-8-11(10-6-4-5-7-10)14(13)21(3,17)18/h8-10H,4-7H2,1-3H3. The van der Waals surface area contributed by atoms with E-state index in [1.165, 1.54) is 14.2 Å². The Bertz CT molecular complexity index is 642. The van der Waals surface area contributed by atoms with Crippen molar-refractivity contribution in [2.75, 3.05) is 20.5 Å². The van der Waals surface area contributed by atoms with Gasteiger partial charge in [0.15, 0.2) is 15.6 Å². The Morgan fingerprint density at radius 1 is 1.19 bits per heavy atom. The molecular formula is C15H20O5S. The molecule has 0 saturated heterocycles. The number of hydrogen-bond donors (Lipinski definition) is 0. The highest BCUT2D eigenvalue weighted by atomic mass is 32.2. The maximum atomic E-state index is 12.2. The van der Waals surface area contributed by atoms with E-state index in [0.717, 1.165) is 37.5 Å². The molecule has 0 N–H and O–H groups in total. The lowest BCUT2D eigenvalue weighted by atomic mass is 9.96. The van der Waals surface area contributed by atoms with Crippen LogP contribution in [0.3, 0.4) is 0 Å². The molecule has 1 saturated carbocycles. The van der Waals surface area contributed by atoms with Crippen molar-refractivity contribution in [3.8, 4) is 5.75 Å². The molecule has 0 spiro atoms. The summed E-state index contributed by atoms with van der Waals surface area (Å²) in [6, 6.07) is 3.31. The Hall–Kier alpha value is -1.56. The number of sulfone groups is 1. The van der Waals surface area contributed by atoms with Gasteiger partial charge in [0.1, 0.15) is 10.5 Å². The van der Waals surface area contributed by atoms with Crippen molar-refractivity contribution >= 4 is 15.8 Å². The van der Waals surface area contributed by atoms with Crippen LogP contribution in [0.5, 0.6) is 5.75 Å². The Labute approximate surface area is 125 Å². The zero-order valence-corrected chi connectivity index (χ0v) is 13.3. The lowest BCUT2D eigenvalue weighted by Crippen LogP contribution is -2.12. The predicted molar refractivity (Wildman–Crippen MR) is 78.7 cm³/mol. The van der Waals surface area contributed by atoms with E-state index in [1.54, 1.807) is 12.1 Å². The fraction of sp³-hybridized carbons (Fsp3) is 0.533. The van der Waals surface area contributed by atoms with Gasteiger partial charge in [-0.2, -0.15) is 0 Å². The van der Waals surface area contributed by atoms with E-state index in [-0.39, 0.29) is 22.1 Å². The summed E-state index contributed by atoms with van der Waals surface area (Å²) in [4.78, 5) is 11.9. The van der Waals surface area contributed by atoms with Gasteiger partial charge < -0.3 is 9.47 Å². The van der Waals surface area contributed by atoms with Crippen molar-refractivity contribution in [3.63, 3.8) is 0 Å². The van der Waals surface area contributed by atoms with Gasteiger partial charge >= 0.3 is 5.97 Å². The number of hydrogen-bond acceptors (Lipinski definition) is 5. The molecule has 21 heavy (non-hydrogen) atoms. The minimum atomic E-state index is -3.51. The van der Waals surface area contributed by atoms with Crippen LogP contribution in [0.1, 0.15) is 47.5 Å². The molecule has 5 nitrogen and oxygen atoms in total. The molecular weight excluding hydrogens is 292 g/mol. The van der Waals surface area contributed by atoms with Gasteiger partial charge in [-0.25, -0.2) is 13.2 Å². The highest BCUT2D eigenvalue weighted by molar-refractivity contribution is 7.90. The molecule has 6 heteroatoms. The van der Waals surface area contributed by atoms with Crippen molar-refractivity contribution < 1.29 is 22.7 Å². The van der Waals surface area contributed by atoms with E-state index in [4.69, 9.17) is 9.47 Å². The van der Waals surface area contributed by atoms with E-state index >= 15 is 0 Å². The third-order valence-electron chi connectivity index (χ3n) is 3.92. The van der Waals surface area contributed by atoms with Crippen molar-refractivity contribution in [2.24, 2.45) is 0 Å². The molecule has 0 radical (unpaired) electrons. The van der Waals surface area contributed by atoms with Crippen LogP contribution in [0.4, 0.5) is 0 Å². The van der Waals surface area contributed by atoms with Gasteiger partial charge in [0.2, 0.25) is 0 Å². The molecule has 0 heterocycles. The van der Waals surface area contributed by atoms with Gasteiger partial charge in [0.25, 0.3) is 0 Å². The molecule has 1 fully saturated rings. The van der Waals surface area contributed by atoms with Gasteiger partial charge in [-0.1, -0.05) is 18.9 Å². The first kappa shape index (κ1) is 15.8. The highest BCUT2D eigenvalue weighted by Gasteiger charge is 2.30. The van der Waals surface area contributed by atoms with Crippen LogP contribution in [0, 0.1) is 0 Å². The van der Waals surface area contributed by atoms with Gasteiger partial charge in [-0.05, 0) is 30.4 Å². The second kappa shape index (κ2) is 6.05. The first-order valence-corrected chi connectivity index (χ1v) is 8.78. The van der Waals surface area contributed by atoms with Gasteiger partial charge in [-0.3, -0.25) is 0 Å². The molecule has 1 aromatic rings. The third-order valence-corrected chi connectivity index (χ3v) is 5.08. The van der Waals surface area contributed by atoms with Crippen LogP contribution in [0.25, 0.3) is 0 Å². The lowest BCUT2D eigenvalue weighted by molar-refractivity contribution is 0.0596. The number of benzene rings is 1. The second-order valence-electron chi connectivity index (χ2n) is 5.31. The number of carbonyl (C=O) groups is 1. The van der Waals surface area contributed by atoms with E-state index < -0.39 is 15.8 Å². The van der Waals surface area contributed by atoms with Gasteiger partial charge in [-0.15, -0.1) is 0 Å². The zero-order valence-electron chi connectivity index (χ0n) is 12.5. The Kier molecular flexibility index (Phi) is 4.56. The first-order chi connectivity index (χ1) is 9.90. The monoisotopic (exact) mass is 312 g/mol. The molecule has 0 bridgehead atoms. The quantitative estimate of drug-likeness (QED) is 0.799. The second-order valence-corrected chi connectivity index (χ2v) is 7.26. The van der Waals surface area contributed by atoms with E-state index in [1.807, 2.05) is 0 Å². The van der Waals surface area contributed by atoms with E-state index in [2.05, 4.69) is 0 Å². The Morgan fingerprint density at radius 3 is 2.29 bits per heavy atom. The number of carbonyl (C=O) groups excluding carboxylic acids is 1. The molecule has 0 amide bonds. The lowest BCUT2D eigenvalue weighted by Gasteiger charge is -2.19. The number of esters is 1. The maximum Gasteiger partial charge on any atom is 0.341 e. The van der Waals surface area contributed by atoms with Gasteiger partial charge in [0, 0.05) is 6.26 Å². The molecule has 1 aromatic carbocycles. The molecule has 0 aromatic heterocycles. The van der Waals surface area contributed by atoms with Crippen LogP contribution in [0.2, 0.25) is 0 Å². The summed E-state index contributed by atoms with van der Waals surface area (Å²) >= 11 is 0. The molecule has 1 aliphatic carbocycles. The topological polar surface area (TPSA) is 69.7 Å². The number of methoxy groups -OCH3 is 2. The number of ether oxygens (including phenoxy) is 2. The van der Waals surface area contributed by atoms with Crippen LogP contribution in [-0.4, -0.2) is 34.9 Å². The average Bonchev–Trinajstić information content (AvgIpc) is 2.97. The zero-order chi connectivity index (χ0) is 15.6. The summed E-state index contributed by atoms with van der Waals surface area (Å²) in [5.41, 5.74) is 0.890. The van der Waals surface area contributed by atoms with Crippen LogP contribution in [-0.2, 0) is 14.6 Å². The molecule has 0 unspecified atom stereocenters. The normalized spacial score (nSPS) is 16.0. The predicted octanol–water partition coefficient (Wildman–Crippen LogP) is 2.54. The first-order valence-electron chi connectivity index (χ1n) is 6.89. The Morgan fingerprint density at radius 2 is 1.81 bits per heavy atom. The summed E-state index contributed by atoms with van der Waals surface area (Å²) in [6.45, 7) is 0. The molecule has 1 aliphatic rings. The largest absolute Gasteiger partial charge is 0.494 e. The minimum Gasteiger partial charge on any atom is -0.494 e. The molecule has 2 rings (SSSR count). The van der Waals surface area contributed by atoms with E-state index in [0.29, 0.717) is 0 Å². The Balaban J connectivity index is 2.70. The van der Waals surface area contributed by atoms with Crippen molar-refractivity contribution in [1.29, 1.82) is 0 Å². The molecule has 116 valence electrons. The summed E-state index contributed by atoms with van der Waals surface area (Å²) in [7, 11) is -0.884. The van der Waals surface area contributed by atoms with Crippen molar-refractivity contribution in [3.05, 3.63) is 23.3 Å². The molecule has 0 aliphatic heterocycles. The SMILES string of the molecule is COC(=O)c1ccc(C2CCCC2)c(S(C)(=O)=O)c1OC. The summed E-state index contributed by atoms with van der Waals surface area (Å²) in [6.07, 6.45) is 5.25. The van der Waals surface area contributed by atoms with Crippen LogP contribution >= 0.6 is 0 Å². The van der Waals surface area contributed by atoms with Crippen LogP contribution in [0.15, 0.2) is 17.0 Å². The smallest absolute Gasteiger partial charge is 0.341 e. The fourth-order valence-electron chi connectivity index (χ4n) is 2.99. The summed E-state index contributed by atoms with van der Waals surface area (Å²) in [5, 5.41) is 0. The van der Waals surface area contributed by atoms with Crippen molar-refractivity contribution in [2.45, 2.75) is 36.5 Å². The fourth-order valence-corrected chi connectivity index (χ4v) is 4.18. The molecule has 0 atom stereocenters. The van der Waals surface area contributed by atoms with Gasteiger partial charge in [0.05, 0.1) is 14.2 Å². The van der Waals surface area contributed by atoms with Crippen molar-refractivity contribution in [1.82, 2.24) is 0 Å². The summed E-state index contributed by atoms with van der Waals surface area (Å²) < 4.78 is 34.4. The minimum absolute atomic E-state index is 0.0914. The number of rotatable bonds is 4. The third kappa shape index (κ3) is 3.05. The summed E-state index contributed by atoms with van der Waals surface area (Å²) in [5.74, 6) is -0.307.